The minimum Gasteiger partial charge on any atom is -0.497 e. The second-order valence-corrected chi connectivity index (χ2v) is 7.44. The molecule has 0 bridgehead atoms. The number of hydrogen-bond acceptors (Lipinski definition) is 5. The predicted molar refractivity (Wildman–Crippen MR) is 99.3 cm³/mol. The molecule has 140 valence electrons. The molecule has 0 radical (unpaired) electrons. The lowest BCUT2D eigenvalue weighted by molar-refractivity contribution is -0.115. The zero-order chi connectivity index (χ0) is 19.3. The molecular formula is C18H22N2O5S. The minimum absolute atomic E-state index is 0.0985. The highest BCUT2D eigenvalue weighted by molar-refractivity contribution is 7.89. The van der Waals surface area contributed by atoms with Gasteiger partial charge in [-0.2, -0.15) is 0 Å². The largest absolute Gasteiger partial charge is 0.497 e. The Morgan fingerprint density at radius 2 is 1.77 bits per heavy atom. The van der Waals surface area contributed by atoms with Crippen LogP contribution in [-0.4, -0.2) is 35.1 Å². The molecule has 2 aromatic rings. The maximum Gasteiger partial charge on any atom is 0.244 e. The number of benzene rings is 2. The van der Waals surface area contributed by atoms with E-state index in [1.807, 2.05) is 26.0 Å². The van der Waals surface area contributed by atoms with Gasteiger partial charge in [0.2, 0.25) is 15.9 Å². The van der Waals surface area contributed by atoms with E-state index in [0.717, 1.165) is 11.1 Å². The van der Waals surface area contributed by atoms with E-state index in [0.29, 0.717) is 11.4 Å². The molecule has 7 nitrogen and oxygen atoms in total. The summed E-state index contributed by atoms with van der Waals surface area (Å²) in [5.74, 6) is 0.0568. The van der Waals surface area contributed by atoms with Crippen molar-refractivity contribution in [3.8, 4) is 11.5 Å². The van der Waals surface area contributed by atoms with E-state index in [9.17, 15) is 13.2 Å². The number of methoxy groups -OCH3 is 2. The Kier molecular flexibility index (Phi) is 6.23. The quantitative estimate of drug-likeness (QED) is 0.771. The Morgan fingerprint density at radius 1 is 1.04 bits per heavy atom. The Balaban J connectivity index is 2.11. The summed E-state index contributed by atoms with van der Waals surface area (Å²) in [6.07, 6.45) is 0. The maximum atomic E-state index is 12.5. The van der Waals surface area contributed by atoms with Crippen molar-refractivity contribution in [2.75, 3.05) is 26.1 Å². The molecule has 26 heavy (non-hydrogen) atoms. The summed E-state index contributed by atoms with van der Waals surface area (Å²) in [6, 6.07) is 9.99. The molecule has 0 spiro atoms. The first-order valence-electron chi connectivity index (χ1n) is 7.85. The molecule has 2 aromatic carbocycles. The Morgan fingerprint density at radius 3 is 2.38 bits per heavy atom. The first-order chi connectivity index (χ1) is 12.3. The van der Waals surface area contributed by atoms with Gasteiger partial charge in [-0.1, -0.05) is 17.7 Å². The molecule has 0 fully saturated rings. The number of anilines is 1. The Hall–Kier alpha value is -2.58. The van der Waals surface area contributed by atoms with Gasteiger partial charge in [0.1, 0.15) is 16.4 Å². The van der Waals surface area contributed by atoms with Crippen molar-refractivity contribution < 1.29 is 22.7 Å². The van der Waals surface area contributed by atoms with E-state index in [1.165, 1.54) is 26.4 Å². The SMILES string of the molecule is COc1ccc(OC)c(S(=O)(=O)NCC(=O)Nc2ccc(C)cc2C)c1. The molecule has 0 saturated carbocycles. The van der Waals surface area contributed by atoms with E-state index < -0.39 is 22.5 Å². The van der Waals surface area contributed by atoms with E-state index >= 15 is 0 Å². The molecule has 8 heteroatoms. The molecular weight excluding hydrogens is 356 g/mol. The van der Waals surface area contributed by atoms with Gasteiger partial charge in [0, 0.05) is 11.8 Å². The van der Waals surface area contributed by atoms with Crippen LogP contribution in [0.3, 0.4) is 0 Å². The fourth-order valence-corrected chi connectivity index (χ4v) is 3.54. The van der Waals surface area contributed by atoms with Gasteiger partial charge in [0.25, 0.3) is 0 Å². The summed E-state index contributed by atoms with van der Waals surface area (Å²) < 4.78 is 37.5. The topological polar surface area (TPSA) is 93.7 Å². The average Bonchev–Trinajstić information content (AvgIpc) is 2.62. The second kappa shape index (κ2) is 8.20. The fraction of sp³-hybridized carbons (Fsp3) is 0.278. The number of nitrogens with one attached hydrogen (secondary N) is 2. The lowest BCUT2D eigenvalue weighted by Crippen LogP contribution is -2.33. The van der Waals surface area contributed by atoms with Crippen LogP contribution in [0, 0.1) is 13.8 Å². The third-order valence-electron chi connectivity index (χ3n) is 3.74. The molecule has 2 rings (SSSR count). The van der Waals surface area contributed by atoms with Crippen LogP contribution in [0.2, 0.25) is 0 Å². The van der Waals surface area contributed by atoms with Crippen LogP contribution in [0.5, 0.6) is 11.5 Å². The normalized spacial score (nSPS) is 11.1. The van der Waals surface area contributed by atoms with Crippen LogP contribution < -0.4 is 19.5 Å². The standard InChI is InChI=1S/C18H22N2O5S/c1-12-5-7-15(13(2)9-12)20-18(21)11-19-26(22,23)17-10-14(24-3)6-8-16(17)25-4/h5-10,19H,11H2,1-4H3,(H,20,21). The molecule has 0 saturated heterocycles. The van der Waals surface area contributed by atoms with Crippen molar-refractivity contribution in [2.45, 2.75) is 18.7 Å². The van der Waals surface area contributed by atoms with Gasteiger partial charge < -0.3 is 14.8 Å². The smallest absolute Gasteiger partial charge is 0.244 e. The predicted octanol–water partition coefficient (Wildman–Crippen LogP) is 2.24. The highest BCUT2D eigenvalue weighted by atomic mass is 32.2. The lowest BCUT2D eigenvalue weighted by Gasteiger charge is -2.13. The van der Waals surface area contributed by atoms with Crippen molar-refractivity contribution in [1.29, 1.82) is 0 Å². The Bertz CT molecular complexity index is 910. The summed E-state index contributed by atoms with van der Waals surface area (Å²) in [5, 5.41) is 2.69. The first kappa shape index (κ1) is 19.7. The molecule has 0 aromatic heterocycles. The van der Waals surface area contributed by atoms with Crippen molar-refractivity contribution >= 4 is 21.6 Å². The number of aryl methyl sites for hydroxylation is 2. The van der Waals surface area contributed by atoms with E-state index in [2.05, 4.69) is 10.0 Å². The van der Waals surface area contributed by atoms with Crippen LogP contribution in [-0.2, 0) is 14.8 Å². The number of hydrogen-bond donors (Lipinski definition) is 2. The molecule has 0 aliphatic heterocycles. The molecule has 0 heterocycles. The monoisotopic (exact) mass is 378 g/mol. The summed E-state index contributed by atoms with van der Waals surface area (Å²) in [6.45, 7) is 3.41. The molecule has 2 N–H and O–H groups in total. The fourth-order valence-electron chi connectivity index (χ4n) is 2.38. The number of sulfonamides is 1. The van der Waals surface area contributed by atoms with E-state index in [4.69, 9.17) is 9.47 Å². The molecule has 0 unspecified atom stereocenters. The molecule has 0 aliphatic rings. The Labute approximate surface area is 153 Å². The highest BCUT2D eigenvalue weighted by Gasteiger charge is 2.21. The number of ether oxygens (including phenoxy) is 2. The van der Waals surface area contributed by atoms with Crippen molar-refractivity contribution in [1.82, 2.24) is 4.72 Å². The summed E-state index contributed by atoms with van der Waals surface area (Å²) >= 11 is 0. The summed E-state index contributed by atoms with van der Waals surface area (Å²) in [5.41, 5.74) is 2.61. The van der Waals surface area contributed by atoms with Gasteiger partial charge in [-0.3, -0.25) is 4.79 Å². The molecule has 0 aliphatic carbocycles. The van der Waals surface area contributed by atoms with Crippen LogP contribution in [0.15, 0.2) is 41.3 Å². The number of carbonyl (C=O) groups is 1. The third kappa shape index (κ3) is 4.74. The maximum absolute atomic E-state index is 12.5. The van der Waals surface area contributed by atoms with Crippen molar-refractivity contribution in [3.63, 3.8) is 0 Å². The second-order valence-electron chi connectivity index (χ2n) is 5.71. The lowest BCUT2D eigenvalue weighted by atomic mass is 10.1. The van der Waals surface area contributed by atoms with Crippen LogP contribution in [0.1, 0.15) is 11.1 Å². The third-order valence-corrected chi connectivity index (χ3v) is 5.16. The van der Waals surface area contributed by atoms with Gasteiger partial charge in [-0.05, 0) is 37.6 Å². The zero-order valence-electron chi connectivity index (χ0n) is 15.1. The van der Waals surface area contributed by atoms with Crippen LogP contribution in [0.25, 0.3) is 0 Å². The highest BCUT2D eigenvalue weighted by Crippen LogP contribution is 2.27. The molecule has 1 amide bonds. The number of rotatable bonds is 7. The van der Waals surface area contributed by atoms with Crippen molar-refractivity contribution in [2.24, 2.45) is 0 Å². The average molecular weight is 378 g/mol. The molecule has 0 atom stereocenters. The van der Waals surface area contributed by atoms with E-state index in [-0.39, 0.29) is 10.6 Å². The van der Waals surface area contributed by atoms with Gasteiger partial charge in [0.15, 0.2) is 0 Å². The van der Waals surface area contributed by atoms with E-state index in [1.54, 1.807) is 12.1 Å². The van der Waals surface area contributed by atoms with Gasteiger partial charge in [0.05, 0.1) is 20.8 Å². The van der Waals surface area contributed by atoms with Gasteiger partial charge >= 0.3 is 0 Å². The first-order valence-corrected chi connectivity index (χ1v) is 9.34. The van der Waals surface area contributed by atoms with Gasteiger partial charge in [-0.25, -0.2) is 13.1 Å². The van der Waals surface area contributed by atoms with Gasteiger partial charge in [-0.15, -0.1) is 0 Å². The summed E-state index contributed by atoms with van der Waals surface area (Å²) in [7, 11) is -1.15. The summed E-state index contributed by atoms with van der Waals surface area (Å²) in [4.78, 5) is 12.0. The van der Waals surface area contributed by atoms with Crippen LogP contribution in [0.4, 0.5) is 5.69 Å². The number of carbonyl (C=O) groups excluding carboxylic acids is 1. The zero-order valence-corrected chi connectivity index (χ0v) is 15.9. The number of amides is 1. The van der Waals surface area contributed by atoms with Crippen molar-refractivity contribution in [3.05, 3.63) is 47.5 Å². The minimum atomic E-state index is -3.96. The van der Waals surface area contributed by atoms with Crippen LogP contribution >= 0.6 is 0 Å².